The average molecular weight is 194 g/mol. The second-order valence-electron chi connectivity index (χ2n) is 3.44. The highest BCUT2D eigenvalue weighted by Gasteiger charge is 2.22. The summed E-state index contributed by atoms with van der Waals surface area (Å²) in [7, 11) is 1.60. The summed E-state index contributed by atoms with van der Waals surface area (Å²) in [5.41, 5.74) is 1.74. The van der Waals surface area contributed by atoms with Crippen molar-refractivity contribution in [1.29, 1.82) is 0 Å². The first-order chi connectivity index (χ1) is 6.83. The minimum absolute atomic E-state index is 0.0433. The van der Waals surface area contributed by atoms with E-state index in [4.69, 9.17) is 9.84 Å². The highest BCUT2D eigenvalue weighted by atomic mass is 16.5. The van der Waals surface area contributed by atoms with Gasteiger partial charge in [-0.3, -0.25) is 0 Å². The molecule has 1 aromatic heterocycles. The van der Waals surface area contributed by atoms with Gasteiger partial charge in [-0.2, -0.15) is 0 Å². The minimum Gasteiger partial charge on any atom is -0.481 e. The molecule has 1 atom stereocenters. The van der Waals surface area contributed by atoms with E-state index in [-0.39, 0.29) is 6.61 Å². The third-order valence-corrected chi connectivity index (χ3v) is 2.31. The Balaban J connectivity index is 2.19. The Kier molecular flexibility index (Phi) is 2.65. The van der Waals surface area contributed by atoms with Gasteiger partial charge in [0.15, 0.2) is 0 Å². The van der Waals surface area contributed by atoms with Gasteiger partial charge >= 0.3 is 0 Å². The molecule has 0 aromatic carbocycles. The second-order valence-corrected chi connectivity index (χ2v) is 3.44. The van der Waals surface area contributed by atoms with E-state index >= 15 is 0 Å². The summed E-state index contributed by atoms with van der Waals surface area (Å²) >= 11 is 0. The van der Waals surface area contributed by atoms with Crippen molar-refractivity contribution in [3.05, 3.63) is 23.4 Å². The van der Waals surface area contributed by atoms with Crippen LogP contribution in [0.15, 0.2) is 12.1 Å². The third kappa shape index (κ3) is 2.02. The fraction of sp³-hybridized carbons (Fsp3) is 0.500. The van der Waals surface area contributed by atoms with Crippen LogP contribution in [0.3, 0.4) is 0 Å². The predicted octanol–water partition coefficient (Wildman–Crippen LogP) is 0.0968. The van der Waals surface area contributed by atoms with Crippen LogP contribution in [0.5, 0.6) is 5.88 Å². The number of hydrogen-bond donors (Lipinski definition) is 2. The van der Waals surface area contributed by atoms with Crippen LogP contribution in [0.25, 0.3) is 0 Å². The van der Waals surface area contributed by atoms with Gasteiger partial charge < -0.3 is 15.2 Å². The van der Waals surface area contributed by atoms with Crippen LogP contribution < -0.4 is 10.1 Å². The lowest BCUT2D eigenvalue weighted by Gasteiger charge is -2.07. The summed E-state index contributed by atoms with van der Waals surface area (Å²) in [6.45, 7) is 1.03. The Bertz CT molecular complexity index is 324. The summed E-state index contributed by atoms with van der Waals surface area (Å²) in [6, 6.07) is 4.38. The lowest BCUT2D eigenvalue weighted by molar-refractivity contribution is 0.274. The minimum atomic E-state index is -0.0433. The maximum Gasteiger partial charge on any atom is 0.216 e. The largest absolute Gasteiger partial charge is 0.481 e. The summed E-state index contributed by atoms with van der Waals surface area (Å²) in [5.74, 6) is 0.630. The molecule has 1 fully saturated rings. The van der Waals surface area contributed by atoms with Crippen LogP contribution in [0.4, 0.5) is 0 Å². The molecule has 4 nitrogen and oxygen atoms in total. The zero-order valence-electron chi connectivity index (χ0n) is 8.16. The van der Waals surface area contributed by atoms with E-state index in [0.717, 1.165) is 18.5 Å². The Morgan fingerprint density at radius 2 is 2.43 bits per heavy atom. The zero-order valence-corrected chi connectivity index (χ0v) is 8.16. The second kappa shape index (κ2) is 3.94. The number of pyridine rings is 1. The number of rotatable bonds is 4. The number of nitrogens with zero attached hydrogens (tertiary/aromatic N) is 1. The van der Waals surface area contributed by atoms with Gasteiger partial charge in [0.05, 0.1) is 19.4 Å². The number of hydrogen-bond acceptors (Lipinski definition) is 4. The topological polar surface area (TPSA) is 64.3 Å². The van der Waals surface area contributed by atoms with Crippen LogP contribution in [-0.2, 0) is 13.0 Å². The first kappa shape index (κ1) is 9.43. The van der Waals surface area contributed by atoms with E-state index in [1.807, 2.05) is 12.1 Å². The van der Waals surface area contributed by atoms with Crippen LogP contribution in [0.1, 0.15) is 11.3 Å². The molecule has 1 unspecified atom stereocenters. The van der Waals surface area contributed by atoms with E-state index in [1.54, 1.807) is 7.11 Å². The standard InChI is InChI=1S/C10H14N2O2/c1-14-10-7(4-9-5-11-9)2-3-8(6-13)12-10/h2-3,9,11,13H,4-6H2,1H3. The van der Waals surface area contributed by atoms with Crippen molar-refractivity contribution in [3.8, 4) is 5.88 Å². The van der Waals surface area contributed by atoms with Crippen molar-refractivity contribution in [2.24, 2.45) is 0 Å². The number of methoxy groups -OCH3 is 1. The molecule has 0 radical (unpaired) electrons. The molecule has 0 spiro atoms. The molecule has 0 aliphatic carbocycles. The lowest BCUT2D eigenvalue weighted by atomic mass is 10.1. The van der Waals surface area contributed by atoms with Gasteiger partial charge in [0.25, 0.3) is 0 Å². The van der Waals surface area contributed by atoms with Crippen molar-refractivity contribution < 1.29 is 9.84 Å². The predicted molar refractivity (Wildman–Crippen MR) is 52.2 cm³/mol. The summed E-state index contributed by atoms with van der Waals surface area (Å²) in [5, 5.41) is 12.1. The van der Waals surface area contributed by atoms with Crippen LogP contribution >= 0.6 is 0 Å². The van der Waals surface area contributed by atoms with E-state index in [0.29, 0.717) is 17.6 Å². The van der Waals surface area contributed by atoms with Gasteiger partial charge in [-0.15, -0.1) is 0 Å². The molecule has 0 bridgehead atoms. The van der Waals surface area contributed by atoms with Crippen molar-refractivity contribution in [2.45, 2.75) is 19.1 Å². The van der Waals surface area contributed by atoms with Crippen molar-refractivity contribution in [3.63, 3.8) is 0 Å². The molecular formula is C10H14N2O2. The molecule has 2 N–H and O–H groups in total. The number of ether oxygens (including phenoxy) is 1. The van der Waals surface area contributed by atoms with E-state index in [9.17, 15) is 0 Å². The SMILES string of the molecule is COc1nc(CO)ccc1CC1CN1. The monoisotopic (exact) mass is 194 g/mol. The van der Waals surface area contributed by atoms with Gasteiger partial charge in [0, 0.05) is 18.2 Å². The third-order valence-electron chi connectivity index (χ3n) is 2.31. The van der Waals surface area contributed by atoms with E-state index in [1.165, 1.54) is 0 Å². The van der Waals surface area contributed by atoms with Crippen LogP contribution in [-0.4, -0.2) is 29.8 Å². The average Bonchev–Trinajstić information content (AvgIpc) is 3.02. The van der Waals surface area contributed by atoms with Crippen molar-refractivity contribution >= 4 is 0 Å². The first-order valence-corrected chi connectivity index (χ1v) is 4.70. The van der Waals surface area contributed by atoms with Gasteiger partial charge in [-0.1, -0.05) is 6.07 Å². The smallest absolute Gasteiger partial charge is 0.216 e. The number of nitrogens with one attached hydrogen (secondary N) is 1. The Morgan fingerprint density at radius 1 is 1.64 bits per heavy atom. The maximum absolute atomic E-state index is 8.91. The number of aliphatic hydroxyl groups is 1. The summed E-state index contributed by atoms with van der Waals surface area (Å²) < 4.78 is 5.17. The fourth-order valence-corrected chi connectivity index (χ4v) is 1.42. The van der Waals surface area contributed by atoms with Gasteiger partial charge in [0.2, 0.25) is 5.88 Å². The molecule has 76 valence electrons. The van der Waals surface area contributed by atoms with Crippen LogP contribution in [0.2, 0.25) is 0 Å². The molecule has 14 heavy (non-hydrogen) atoms. The van der Waals surface area contributed by atoms with E-state index < -0.39 is 0 Å². The molecule has 2 rings (SSSR count). The Morgan fingerprint density at radius 3 is 3.00 bits per heavy atom. The zero-order chi connectivity index (χ0) is 9.97. The molecule has 4 heteroatoms. The normalized spacial score (nSPS) is 19.4. The molecule has 1 aliphatic heterocycles. The molecular weight excluding hydrogens is 180 g/mol. The van der Waals surface area contributed by atoms with Gasteiger partial charge in [-0.05, 0) is 12.5 Å². The fourth-order valence-electron chi connectivity index (χ4n) is 1.42. The quantitative estimate of drug-likeness (QED) is 0.667. The molecule has 1 saturated heterocycles. The summed E-state index contributed by atoms with van der Waals surface area (Å²) in [4.78, 5) is 4.19. The Hall–Kier alpha value is -1.13. The number of aliphatic hydroxyl groups excluding tert-OH is 1. The van der Waals surface area contributed by atoms with Gasteiger partial charge in [0.1, 0.15) is 0 Å². The Labute approximate surface area is 82.9 Å². The molecule has 0 saturated carbocycles. The molecule has 2 heterocycles. The highest BCUT2D eigenvalue weighted by molar-refractivity contribution is 5.29. The molecule has 1 aromatic rings. The molecule has 0 amide bonds. The van der Waals surface area contributed by atoms with Crippen molar-refractivity contribution in [1.82, 2.24) is 10.3 Å². The first-order valence-electron chi connectivity index (χ1n) is 4.70. The maximum atomic E-state index is 8.91. The lowest BCUT2D eigenvalue weighted by Crippen LogP contribution is -2.03. The van der Waals surface area contributed by atoms with Gasteiger partial charge in [-0.25, -0.2) is 4.98 Å². The molecule has 1 aliphatic rings. The summed E-state index contributed by atoms with van der Waals surface area (Å²) in [6.07, 6.45) is 0.946. The van der Waals surface area contributed by atoms with Crippen LogP contribution in [0, 0.1) is 0 Å². The van der Waals surface area contributed by atoms with E-state index in [2.05, 4.69) is 10.3 Å². The van der Waals surface area contributed by atoms with Crippen molar-refractivity contribution in [2.75, 3.05) is 13.7 Å². The number of aromatic nitrogens is 1. The highest BCUT2D eigenvalue weighted by Crippen LogP contribution is 2.19.